The van der Waals surface area contributed by atoms with Gasteiger partial charge in [0.2, 0.25) is 0 Å². The van der Waals surface area contributed by atoms with Gasteiger partial charge in [-0.3, -0.25) is 0 Å². The molecule has 0 amide bonds. The molecule has 0 aliphatic carbocycles. The lowest BCUT2D eigenvalue weighted by Gasteiger charge is -2.16. The van der Waals surface area contributed by atoms with Gasteiger partial charge in [-0.15, -0.1) is 0 Å². The molecule has 0 aliphatic heterocycles. The third kappa shape index (κ3) is 3.32. The van der Waals surface area contributed by atoms with Gasteiger partial charge >= 0.3 is 0 Å². The van der Waals surface area contributed by atoms with Gasteiger partial charge in [0.1, 0.15) is 6.10 Å². The zero-order valence-electron chi connectivity index (χ0n) is 11.1. The fraction of sp³-hybridized carbons (Fsp3) is 0.250. The normalized spacial score (nSPS) is 13.9. The third-order valence-electron chi connectivity index (χ3n) is 3.05. The van der Waals surface area contributed by atoms with Gasteiger partial charge in [0, 0.05) is 6.04 Å². The van der Waals surface area contributed by atoms with E-state index in [1.807, 2.05) is 44.2 Å². The summed E-state index contributed by atoms with van der Waals surface area (Å²) in [5.41, 5.74) is 7.49. The summed E-state index contributed by atoms with van der Waals surface area (Å²) >= 11 is 0. The first kappa shape index (κ1) is 13.6. The van der Waals surface area contributed by atoms with E-state index in [4.69, 9.17) is 10.5 Å². The monoisotopic (exact) mass is 259 g/mol. The number of benzene rings is 2. The number of hydrogen-bond donors (Lipinski definition) is 1. The minimum Gasteiger partial charge on any atom is -0.483 e. The molecule has 0 spiro atoms. The first-order valence-corrected chi connectivity index (χ1v) is 6.34. The van der Waals surface area contributed by atoms with Crippen LogP contribution in [0.5, 0.6) is 5.75 Å². The summed E-state index contributed by atoms with van der Waals surface area (Å²) in [6, 6.07) is 14.4. The molecular weight excluding hydrogens is 241 g/mol. The number of hydrogen-bond acceptors (Lipinski definition) is 2. The van der Waals surface area contributed by atoms with Crippen molar-refractivity contribution < 1.29 is 9.13 Å². The van der Waals surface area contributed by atoms with Gasteiger partial charge < -0.3 is 10.5 Å². The Kier molecular flexibility index (Phi) is 4.17. The summed E-state index contributed by atoms with van der Waals surface area (Å²) in [6.45, 7) is 3.72. The van der Waals surface area contributed by atoms with Crippen LogP contribution in [0.4, 0.5) is 4.39 Å². The average Bonchev–Trinajstić information content (AvgIpc) is 2.41. The largest absolute Gasteiger partial charge is 0.483 e. The second-order valence-corrected chi connectivity index (χ2v) is 4.65. The van der Waals surface area contributed by atoms with E-state index in [2.05, 4.69) is 0 Å². The van der Waals surface area contributed by atoms with Crippen molar-refractivity contribution in [2.45, 2.75) is 26.0 Å². The van der Waals surface area contributed by atoms with Crippen LogP contribution in [0, 0.1) is 5.82 Å². The van der Waals surface area contributed by atoms with Crippen LogP contribution in [0.3, 0.4) is 0 Å². The molecule has 2 aromatic carbocycles. The van der Waals surface area contributed by atoms with Crippen LogP contribution < -0.4 is 10.5 Å². The summed E-state index contributed by atoms with van der Waals surface area (Å²) in [5, 5.41) is 0. The summed E-state index contributed by atoms with van der Waals surface area (Å²) in [4.78, 5) is 0. The van der Waals surface area contributed by atoms with E-state index in [1.165, 1.54) is 6.07 Å². The Morgan fingerprint density at radius 2 is 1.68 bits per heavy atom. The minimum absolute atomic E-state index is 0.185. The predicted octanol–water partition coefficient (Wildman–Crippen LogP) is 3.99. The van der Waals surface area contributed by atoms with Gasteiger partial charge in [0.15, 0.2) is 11.6 Å². The van der Waals surface area contributed by atoms with Crippen LogP contribution >= 0.6 is 0 Å². The van der Waals surface area contributed by atoms with Crippen molar-refractivity contribution in [1.29, 1.82) is 0 Å². The van der Waals surface area contributed by atoms with Gasteiger partial charge in [-0.2, -0.15) is 0 Å². The second-order valence-electron chi connectivity index (χ2n) is 4.65. The van der Waals surface area contributed by atoms with Crippen molar-refractivity contribution in [2.24, 2.45) is 5.73 Å². The van der Waals surface area contributed by atoms with E-state index in [0.717, 1.165) is 11.1 Å². The average molecular weight is 259 g/mol. The molecule has 3 heteroatoms. The Balaban J connectivity index is 2.15. The van der Waals surface area contributed by atoms with Crippen molar-refractivity contribution in [3.05, 3.63) is 65.5 Å². The molecule has 2 rings (SSSR count). The van der Waals surface area contributed by atoms with E-state index < -0.39 is 0 Å². The van der Waals surface area contributed by atoms with Crippen LogP contribution in [0.25, 0.3) is 0 Å². The predicted molar refractivity (Wildman–Crippen MR) is 74.5 cm³/mol. The molecule has 2 unspecified atom stereocenters. The van der Waals surface area contributed by atoms with Gasteiger partial charge in [-0.05, 0) is 37.1 Å². The highest BCUT2D eigenvalue weighted by molar-refractivity contribution is 5.31. The molecule has 0 radical (unpaired) electrons. The number of rotatable bonds is 4. The second kappa shape index (κ2) is 5.85. The minimum atomic E-state index is -0.377. The number of nitrogens with two attached hydrogens (primary N) is 1. The molecule has 0 aromatic heterocycles. The third-order valence-corrected chi connectivity index (χ3v) is 3.05. The molecule has 0 bridgehead atoms. The van der Waals surface area contributed by atoms with Crippen molar-refractivity contribution in [3.8, 4) is 5.75 Å². The van der Waals surface area contributed by atoms with E-state index in [-0.39, 0.29) is 23.7 Å². The van der Waals surface area contributed by atoms with Crippen molar-refractivity contribution in [1.82, 2.24) is 0 Å². The van der Waals surface area contributed by atoms with Crippen molar-refractivity contribution >= 4 is 0 Å². The zero-order chi connectivity index (χ0) is 13.8. The molecule has 19 heavy (non-hydrogen) atoms. The van der Waals surface area contributed by atoms with Crippen LogP contribution in [0.2, 0.25) is 0 Å². The molecule has 0 heterocycles. The van der Waals surface area contributed by atoms with Crippen molar-refractivity contribution in [3.63, 3.8) is 0 Å². The van der Waals surface area contributed by atoms with E-state index in [1.54, 1.807) is 12.1 Å². The Morgan fingerprint density at radius 3 is 2.26 bits per heavy atom. The quantitative estimate of drug-likeness (QED) is 0.901. The maximum absolute atomic E-state index is 13.9. The molecule has 2 N–H and O–H groups in total. The Hall–Kier alpha value is -1.87. The molecular formula is C16H18FNO. The van der Waals surface area contributed by atoms with Gasteiger partial charge in [-0.1, -0.05) is 36.4 Å². The fourth-order valence-corrected chi connectivity index (χ4v) is 1.88. The highest BCUT2D eigenvalue weighted by Crippen LogP contribution is 2.26. The summed E-state index contributed by atoms with van der Waals surface area (Å²) < 4.78 is 19.6. The molecule has 0 saturated carbocycles. The number of ether oxygens (including phenoxy) is 1. The molecule has 2 aromatic rings. The van der Waals surface area contributed by atoms with E-state index in [0.29, 0.717) is 0 Å². The topological polar surface area (TPSA) is 35.2 Å². The lowest BCUT2D eigenvalue weighted by atomic mass is 10.1. The standard InChI is InChI=1S/C16H18FNO/c1-11(18)14-8-9-16(15(17)10-14)19-12(2)13-6-4-3-5-7-13/h3-12H,18H2,1-2H3. The Bertz CT molecular complexity index is 540. The summed E-state index contributed by atoms with van der Waals surface area (Å²) in [5.74, 6) is -0.127. The Labute approximate surface area is 113 Å². The fourth-order valence-electron chi connectivity index (χ4n) is 1.88. The lowest BCUT2D eigenvalue weighted by Crippen LogP contribution is -2.07. The van der Waals surface area contributed by atoms with Crippen LogP contribution in [-0.2, 0) is 0 Å². The van der Waals surface area contributed by atoms with Crippen LogP contribution in [-0.4, -0.2) is 0 Å². The highest BCUT2D eigenvalue weighted by Gasteiger charge is 2.11. The van der Waals surface area contributed by atoms with E-state index in [9.17, 15) is 4.39 Å². The maximum Gasteiger partial charge on any atom is 0.165 e. The van der Waals surface area contributed by atoms with E-state index >= 15 is 0 Å². The molecule has 0 fully saturated rings. The van der Waals surface area contributed by atoms with Gasteiger partial charge in [0.05, 0.1) is 0 Å². The number of halogens is 1. The lowest BCUT2D eigenvalue weighted by molar-refractivity contribution is 0.216. The Morgan fingerprint density at radius 1 is 1.00 bits per heavy atom. The molecule has 0 saturated heterocycles. The van der Waals surface area contributed by atoms with Gasteiger partial charge in [0.25, 0.3) is 0 Å². The SMILES string of the molecule is CC(N)c1ccc(OC(C)c2ccccc2)c(F)c1. The highest BCUT2D eigenvalue weighted by atomic mass is 19.1. The molecule has 2 nitrogen and oxygen atoms in total. The van der Waals surface area contributed by atoms with Crippen LogP contribution in [0.1, 0.15) is 37.1 Å². The first-order valence-electron chi connectivity index (χ1n) is 6.34. The molecule has 0 aliphatic rings. The zero-order valence-corrected chi connectivity index (χ0v) is 11.1. The molecule has 100 valence electrons. The maximum atomic E-state index is 13.9. The van der Waals surface area contributed by atoms with Gasteiger partial charge in [-0.25, -0.2) is 4.39 Å². The van der Waals surface area contributed by atoms with Crippen molar-refractivity contribution in [2.75, 3.05) is 0 Å². The molecule has 2 atom stereocenters. The summed E-state index contributed by atoms with van der Waals surface area (Å²) in [6.07, 6.45) is -0.197. The first-order chi connectivity index (χ1) is 9.08. The smallest absolute Gasteiger partial charge is 0.165 e. The summed E-state index contributed by atoms with van der Waals surface area (Å²) in [7, 11) is 0. The van der Waals surface area contributed by atoms with Crippen LogP contribution in [0.15, 0.2) is 48.5 Å².